The van der Waals surface area contributed by atoms with Gasteiger partial charge in [0.05, 0.1) is 24.2 Å². The van der Waals surface area contributed by atoms with Crippen LogP contribution in [-0.2, 0) is 11.3 Å². The molecule has 2 rings (SSSR count). The zero-order chi connectivity index (χ0) is 16.7. The number of ether oxygens (including phenoxy) is 1. The van der Waals surface area contributed by atoms with Crippen molar-refractivity contribution in [1.82, 2.24) is 10.6 Å². The minimum absolute atomic E-state index is 0.126. The smallest absolute Gasteiger partial charge is 0.253 e. The molecule has 0 heterocycles. The van der Waals surface area contributed by atoms with Gasteiger partial charge in [0.15, 0.2) is 0 Å². The van der Waals surface area contributed by atoms with E-state index in [0.717, 1.165) is 5.56 Å². The van der Waals surface area contributed by atoms with Gasteiger partial charge in [0.1, 0.15) is 5.75 Å². The molecule has 0 spiro atoms. The van der Waals surface area contributed by atoms with E-state index in [1.54, 1.807) is 31.4 Å². The molecule has 2 amide bonds. The fraction of sp³-hybridized carbons (Fsp3) is 0.176. The molecule has 120 valence electrons. The van der Waals surface area contributed by atoms with Crippen LogP contribution in [-0.4, -0.2) is 25.5 Å². The molecule has 0 aromatic heterocycles. The number of hydrogen-bond acceptors (Lipinski definition) is 3. The van der Waals surface area contributed by atoms with E-state index in [4.69, 9.17) is 16.3 Å². The molecule has 0 atom stereocenters. The molecule has 0 bridgehead atoms. The minimum Gasteiger partial charge on any atom is -0.496 e. The Labute approximate surface area is 139 Å². The Morgan fingerprint density at radius 3 is 2.48 bits per heavy atom. The number of rotatable bonds is 6. The number of carbonyl (C=O) groups is 2. The van der Waals surface area contributed by atoms with E-state index in [1.165, 1.54) is 0 Å². The van der Waals surface area contributed by atoms with Crippen LogP contribution in [0.4, 0.5) is 0 Å². The van der Waals surface area contributed by atoms with Crippen LogP contribution in [0.1, 0.15) is 15.9 Å². The zero-order valence-corrected chi connectivity index (χ0v) is 13.4. The lowest BCUT2D eigenvalue weighted by Crippen LogP contribution is -2.36. The summed E-state index contributed by atoms with van der Waals surface area (Å²) in [6, 6.07) is 14.1. The summed E-state index contributed by atoms with van der Waals surface area (Å²) in [5.41, 5.74) is 1.20. The van der Waals surface area contributed by atoms with E-state index in [2.05, 4.69) is 10.6 Å². The Hall–Kier alpha value is -2.53. The lowest BCUT2D eigenvalue weighted by Gasteiger charge is -2.10. The molecule has 0 saturated carbocycles. The highest BCUT2D eigenvalue weighted by Crippen LogP contribution is 2.16. The van der Waals surface area contributed by atoms with Crippen LogP contribution in [0.5, 0.6) is 5.75 Å². The van der Waals surface area contributed by atoms with E-state index in [0.29, 0.717) is 22.9 Å². The Kier molecular flexibility index (Phi) is 6.00. The maximum absolute atomic E-state index is 11.9. The Bertz CT molecular complexity index is 704. The first-order valence-electron chi connectivity index (χ1n) is 7.03. The van der Waals surface area contributed by atoms with Crippen molar-refractivity contribution < 1.29 is 14.3 Å². The van der Waals surface area contributed by atoms with Gasteiger partial charge in [0.2, 0.25) is 5.91 Å². The van der Waals surface area contributed by atoms with Crippen LogP contribution in [0.2, 0.25) is 5.02 Å². The average molecular weight is 333 g/mol. The van der Waals surface area contributed by atoms with Crippen molar-refractivity contribution in [3.8, 4) is 5.75 Å². The van der Waals surface area contributed by atoms with Gasteiger partial charge in [-0.3, -0.25) is 9.59 Å². The minimum atomic E-state index is -0.386. The summed E-state index contributed by atoms with van der Waals surface area (Å²) < 4.78 is 5.21. The second kappa shape index (κ2) is 8.19. The monoisotopic (exact) mass is 332 g/mol. The highest BCUT2D eigenvalue weighted by molar-refractivity contribution is 6.33. The van der Waals surface area contributed by atoms with E-state index in [1.807, 2.05) is 24.3 Å². The molecule has 0 aliphatic heterocycles. The van der Waals surface area contributed by atoms with Crippen molar-refractivity contribution in [2.45, 2.75) is 6.54 Å². The molecule has 0 radical (unpaired) electrons. The van der Waals surface area contributed by atoms with Gasteiger partial charge >= 0.3 is 0 Å². The summed E-state index contributed by atoms with van der Waals surface area (Å²) in [5, 5.41) is 5.61. The second-order valence-corrected chi connectivity index (χ2v) is 5.16. The largest absolute Gasteiger partial charge is 0.496 e. The normalized spacial score (nSPS) is 10.0. The van der Waals surface area contributed by atoms with Crippen molar-refractivity contribution in [1.29, 1.82) is 0 Å². The molecule has 0 aliphatic rings. The maximum atomic E-state index is 11.9. The third-order valence-electron chi connectivity index (χ3n) is 3.20. The van der Waals surface area contributed by atoms with E-state index >= 15 is 0 Å². The molecule has 2 aromatic carbocycles. The van der Waals surface area contributed by atoms with Gasteiger partial charge in [-0.25, -0.2) is 0 Å². The quantitative estimate of drug-likeness (QED) is 0.853. The number of nitrogens with one attached hydrogen (secondary N) is 2. The average Bonchev–Trinajstić information content (AvgIpc) is 2.58. The van der Waals surface area contributed by atoms with Crippen molar-refractivity contribution >= 4 is 23.4 Å². The number of amides is 2. The van der Waals surface area contributed by atoms with Crippen molar-refractivity contribution in [3.63, 3.8) is 0 Å². The van der Waals surface area contributed by atoms with E-state index in [9.17, 15) is 9.59 Å². The number of para-hydroxylation sites is 1. The lowest BCUT2D eigenvalue weighted by molar-refractivity contribution is -0.120. The van der Waals surface area contributed by atoms with Crippen molar-refractivity contribution in [2.75, 3.05) is 13.7 Å². The number of carbonyl (C=O) groups excluding carboxylic acids is 2. The van der Waals surface area contributed by atoms with Crippen LogP contribution in [0.15, 0.2) is 48.5 Å². The van der Waals surface area contributed by atoms with Gasteiger partial charge in [0.25, 0.3) is 5.91 Å². The van der Waals surface area contributed by atoms with E-state index in [-0.39, 0.29) is 18.4 Å². The highest BCUT2D eigenvalue weighted by atomic mass is 35.5. The predicted molar refractivity (Wildman–Crippen MR) is 88.6 cm³/mol. The second-order valence-electron chi connectivity index (χ2n) is 4.75. The van der Waals surface area contributed by atoms with Crippen molar-refractivity contribution in [3.05, 3.63) is 64.7 Å². The molecule has 23 heavy (non-hydrogen) atoms. The van der Waals surface area contributed by atoms with Gasteiger partial charge < -0.3 is 15.4 Å². The Balaban J connectivity index is 1.84. The predicted octanol–water partition coefficient (Wildman–Crippen LogP) is 2.39. The lowest BCUT2D eigenvalue weighted by atomic mass is 10.2. The summed E-state index contributed by atoms with van der Waals surface area (Å²) in [7, 11) is 1.57. The van der Waals surface area contributed by atoms with Crippen molar-refractivity contribution in [2.24, 2.45) is 0 Å². The summed E-state index contributed by atoms with van der Waals surface area (Å²) in [5.74, 6) is 0.0206. The molecule has 2 N–H and O–H groups in total. The fourth-order valence-electron chi connectivity index (χ4n) is 2.01. The number of hydrogen-bond donors (Lipinski definition) is 2. The van der Waals surface area contributed by atoms with Gasteiger partial charge in [-0.05, 0) is 18.2 Å². The zero-order valence-electron chi connectivity index (χ0n) is 12.6. The third-order valence-corrected chi connectivity index (χ3v) is 3.53. The molecule has 0 fully saturated rings. The van der Waals surface area contributed by atoms with E-state index < -0.39 is 0 Å². The molecule has 0 unspecified atom stereocenters. The molecule has 2 aromatic rings. The maximum Gasteiger partial charge on any atom is 0.253 e. The summed E-state index contributed by atoms with van der Waals surface area (Å²) >= 11 is 5.93. The van der Waals surface area contributed by atoms with Gasteiger partial charge in [-0.15, -0.1) is 0 Å². The first-order valence-corrected chi connectivity index (χ1v) is 7.41. The van der Waals surface area contributed by atoms with Crippen LogP contribution in [0, 0.1) is 0 Å². The first-order chi connectivity index (χ1) is 11.1. The number of benzene rings is 2. The summed E-state index contributed by atoms with van der Waals surface area (Å²) in [4.78, 5) is 23.8. The molecule has 6 heteroatoms. The topological polar surface area (TPSA) is 67.4 Å². The third kappa shape index (κ3) is 4.72. The molecule has 0 aliphatic carbocycles. The molecular formula is C17H17ClN2O3. The molecular weight excluding hydrogens is 316 g/mol. The summed E-state index contributed by atoms with van der Waals surface area (Å²) in [6.07, 6.45) is 0. The van der Waals surface area contributed by atoms with Crippen LogP contribution in [0.25, 0.3) is 0 Å². The molecule has 5 nitrogen and oxygen atoms in total. The summed E-state index contributed by atoms with van der Waals surface area (Å²) in [6.45, 7) is 0.198. The Morgan fingerprint density at radius 2 is 1.74 bits per heavy atom. The fourth-order valence-corrected chi connectivity index (χ4v) is 2.23. The van der Waals surface area contributed by atoms with Crippen LogP contribution in [0.3, 0.4) is 0 Å². The van der Waals surface area contributed by atoms with Gasteiger partial charge in [0, 0.05) is 12.1 Å². The number of halogens is 1. The van der Waals surface area contributed by atoms with Crippen LogP contribution >= 0.6 is 11.6 Å². The highest BCUT2D eigenvalue weighted by Gasteiger charge is 2.11. The van der Waals surface area contributed by atoms with Gasteiger partial charge in [-0.2, -0.15) is 0 Å². The first kappa shape index (κ1) is 16.8. The standard InChI is InChI=1S/C17H17ClN2O3/c1-23-15-9-5-2-6-12(15)10-19-16(21)11-20-17(22)13-7-3-4-8-14(13)18/h2-9H,10-11H2,1H3,(H,19,21)(H,20,22). The van der Waals surface area contributed by atoms with Crippen LogP contribution < -0.4 is 15.4 Å². The van der Waals surface area contributed by atoms with Gasteiger partial charge in [-0.1, -0.05) is 41.9 Å². The molecule has 0 saturated heterocycles. The number of methoxy groups -OCH3 is 1. The Morgan fingerprint density at radius 1 is 1.04 bits per heavy atom. The SMILES string of the molecule is COc1ccccc1CNC(=O)CNC(=O)c1ccccc1Cl.